The van der Waals surface area contributed by atoms with Crippen molar-refractivity contribution in [2.24, 2.45) is 10.3 Å². The molecule has 16 heteroatoms. The molecule has 0 aliphatic heterocycles. The lowest BCUT2D eigenvalue weighted by atomic mass is 10.1. The van der Waals surface area contributed by atoms with Crippen LogP contribution in [0.2, 0.25) is 0 Å². The van der Waals surface area contributed by atoms with Crippen LogP contribution in [0.25, 0.3) is 0 Å². The highest BCUT2D eigenvalue weighted by atomic mass is 32.2. The molecule has 0 heterocycles. The molecule has 0 radical (unpaired) electrons. The standard InChI is InChI=1S/2C20H28N2O5S/c2*1-4-26-17-7-5-6-8-18(17)27-12-11-22-15(2)13-16-9-10-19(25-3)20(14-16)28(21,23)24/h2*5-10,14-15,22H,4,11-13H2,1-3H3,(H2,21,23,24)/t2*15-/m11/s1. The maximum atomic E-state index is 11.7. The Morgan fingerprint density at radius 3 is 1.18 bits per heavy atom. The number of hydrogen-bond donors (Lipinski definition) is 4. The van der Waals surface area contributed by atoms with Crippen molar-refractivity contribution in [3.63, 3.8) is 0 Å². The van der Waals surface area contributed by atoms with E-state index in [0.717, 1.165) is 22.6 Å². The molecular formula is C40H56N4O10S2. The topological polar surface area (TPSA) is 200 Å². The molecule has 0 aromatic heterocycles. The zero-order valence-corrected chi connectivity index (χ0v) is 34.6. The highest BCUT2D eigenvalue weighted by Crippen LogP contribution is 2.28. The second kappa shape index (κ2) is 22.8. The van der Waals surface area contributed by atoms with E-state index in [0.29, 0.717) is 63.9 Å². The van der Waals surface area contributed by atoms with Crippen LogP contribution in [0.4, 0.5) is 0 Å². The number of sulfonamides is 2. The Balaban J connectivity index is 0.000000300. The number of nitrogens with one attached hydrogen (secondary N) is 2. The summed E-state index contributed by atoms with van der Waals surface area (Å²) in [5, 5.41) is 17.3. The van der Waals surface area contributed by atoms with Crippen molar-refractivity contribution in [1.29, 1.82) is 0 Å². The summed E-state index contributed by atoms with van der Waals surface area (Å²) < 4.78 is 79.7. The molecule has 0 unspecified atom stereocenters. The molecule has 0 bridgehead atoms. The van der Waals surface area contributed by atoms with Crippen molar-refractivity contribution in [1.82, 2.24) is 10.6 Å². The van der Waals surface area contributed by atoms with Crippen molar-refractivity contribution in [3.05, 3.63) is 96.1 Å². The molecule has 4 aromatic rings. The van der Waals surface area contributed by atoms with E-state index in [1.165, 1.54) is 14.2 Å². The van der Waals surface area contributed by atoms with Gasteiger partial charge in [0.05, 0.1) is 27.4 Å². The summed E-state index contributed by atoms with van der Waals surface area (Å²) in [5.74, 6) is 3.37. The third-order valence-corrected chi connectivity index (χ3v) is 10.0. The average molecular weight is 817 g/mol. The molecule has 0 aliphatic carbocycles. The zero-order valence-electron chi connectivity index (χ0n) is 32.9. The van der Waals surface area contributed by atoms with Crippen LogP contribution < -0.4 is 49.3 Å². The monoisotopic (exact) mass is 816 g/mol. The molecule has 308 valence electrons. The molecule has 14 nitrogen and oxygen atoms in total. The van der Waals surface area contributed by atoms with E-state index < -0.39 is 20.0 Å². The van der Waals surface area contributed by atoms with Gasteiger partial charge in [-0.2, -0.15) is 0 Å². The Kier molecular flexibility index (Phi) is 18.7. The van der Waals surface area contributed by atoms with Crippen LogP contribution in [0.1, 0.15) is 38.8 Å². The van der Waals surface area contributed by atoms with E-state index >= 15 is 0 Å². The molecule has 4 aromatic carbocycles. The second-order valence-electron chi connectivity index (χ2n) is 12.6. The average Bonchev–Trinajstić information content (AvgIpc) is 3.16. The quantitative estimate of drug-likeness (QED) is 0.0800. The molecule has 0 amide bonds. The van der Waals surface area contributed by atoms with E-state index in [4.69, 9.17) is 38.7 Å². The van der Waals surface area contributed by atoms with E-state index in [1.54, 1.807) is 24.3 Å². The first-order valence-corrected chi connectivity index (χ1v) is 21.3. The van der Waals surface area contributed by atoms with Gasteiger partial charge in [-0.1, -0.05) is 36.4 Å². The van der Waals surface area contributed by atoms with Gasteiger partial charge < -0.3 is 39.1 Å². The lowest BCUT2D eigenvalue weighted by Crippen LogP contribution is -2.32. The van der Waals surface area contributed by atoms with E-state index in [2.05, 4.69) is 10.6 Å². The fraction of sp³-hybridized carbons (Fsp3) is 0.400. The predicted octanol–water partition coefficient (Wildman–Crippen LogP) is 4.68. The van der Waals surface area contributed by atoms with Crippen molar-refractivity contribution in [2.45, 2.75) is 62.4 Å². The molecule has 0 aliphatic rings. The summed E-state index contributed by atoms with van der Waals surface area (Å²) >= 11 is 0. The number of methoxy groups -OCH3 is 2. The van der Waals surface area contributed by atoms with Gasteiger partial charge in [-0.3, -0.25) is 0 Å². The lowest BCUT2D eigenvalue weighted by Gasteiger charge is -2.16. The number of hydrogen-bond acceptors (Lipinski definition) is 12. The minimum absolute atomic E-state index is 0.00411. The maximum absolute atomic E-state index is 11.7. The first kappa shape index (κ1) is 45.8. The predicted molar refractivity (Wildman–Crippen MR) is 217 cm³/mol. The third kappa shape index (κ3) is 15.2. The minimum Gasteiger partial charge on any atom is -0.495 e. The van der Waals surface area contributed by atoms with Crippen molar-refractivity contribution in [3.8, 4) is 34.5 Å². The zero-order chi connectivity index (χ0) is 41.1. The van der Waals surface area contributed by atoms with Gasteiger partial charge in [0.1, 0.15) is 34.5 Å². The van der Waals surface area contributed by atoms with Crippen LogP contribution in [0.15, 0.2) is 94.7 Å². The van der Waals surface area contributed by atoms with Gasteiger partial charge in [0.2, 0.25) is 20.0 Å². The normalized spacial score (nSPS) is 12.4. The summed E-state index contributed by atoms with van der Waals surface area (Å²) in [6.07, 6.45) is 1.28. The van der Waals surface area contributed by atoms with Crippen LogP contribution in [0, 0.1) is 0 Å². The maximum Gasteiger partial charge on any atom is 0.241 e. The SMILES string of the molecule is CCOc1ccccc1OCCN[C@H](C)Cc1ccc(OC)c(S(N)(=O)=O)c1.CCOc1ccccc1OCCN[C@H](C)Cc1ccc(OC)c(S(N)(=O)=O)c1. The first-order chi connectivity index (χ1) is 26.7. The number of para-hydroxylation sites is 4. The molecule has 6 N–H and O–H groups in total. The summed E-state index contributed by atoms with van der Waals surface area (Å²) in [5.41, 5.74) is 1.71. The second-order valence-corrected chi connectivity index (χ2v) is 15.7. The van der Waals surface area contributed by atoms with Crippen molar-refractivity contribution in [2.75, 3.05) is 53.7 Å². The van der Waals surface area contributed by atoms with Crippen molar-refractivity contribution >= 4 is 20.0 Å². The van der Waals surface area contributed by atoms with Gasteiger partial charge >= 0.3 is 0 Å². The van der Waals surface area contributed by atoms with E-state index in [-0.39, 0.29) is 33.4 Å². The summed E-state index contributed by atoms with van der Waals surface area (Å²) in [4.78, 5) is -0.00821. The summed E-state index contributed by atoms with van der Waals surface area (Å²) in [7, 11) is -4.85. The molecule has 4 rings (SSSR count). The summed E-state index contributed by atoms with van der Waals surface area (Å²) in [6, 6.07) is 25.4. The highest BCUT2D eigenvalue weighted by Gasteiger charge is 2.18. The smallest absolute Gasteiger partial charge is 0.241 e. The Bertz CT molecular complexity index is 1890. The Labute approximate surface area is 331 Å². The van der Waals surface area contributed by atoms with Gasteiger partial charge in [0, 0.05) is 25.2 Å². The Morgan fingerprint density at radius 1 is 0.536 bits per heavy atom. The van der Waals surface area contributed by atoms with E-state index in [1.807, 2.05) is 88.4 Å². The molecule has 0 saturated carbocycles. The number of benzene rings is 4. The van der Waals surface area contributed by atoms with Gasteiger partial charge in [-0.05, 0) is 100 Å². The van der Waals surface area contributed by atoms with E-state index in [9.17, 15) is 16.8 Å². The fourth-order valence-electron chi connectivity index (χ4n) is 5.61. The van der Waals surface area contributed by atoms with Gasteiger partial charge in [-0.15, -0.1) is 0 Å². The molecular weight excluding hydrogens is 761 g/mol. The fourth-order valence-corrected chi connectivity index (χ4v) is 7.11. The summed E-state index contributed by atoms with van der Waals surface area (Å²) in [6.45, 7) is 11.3. The lowest BCUT2D eigenvalue weighted by molar-refractivity contribution is 0.272. The first-order valence-electron chi connectivity index (χ1n) is 18.3. The molecule has 56 heavy (non-hydrogen) atoms. The van der Waals surface area contributed by atoms with Crippen LogP contribution >= 0.6 is 0 Å². The molecule has 0 fully saturated rings. The minimum atomic E-state index is -3.84. The number of nitrogens with two attached hydrogens (primary N) is 2. The van der Waals surface area contributed by atoms with Crippen LogP contribution in [0.5, 0.6) is 34.5 Å². The largest absolute Gasteiger partial charge is 0.495 e. The highest BCUT2D eigenvalue weighted by molar-refractivity contribution is 7.89. The van der Waals surface area contributed by atoms with Gasteiger partial charge in [0.15, 0.2) is 23.0 Å². The molecule has 0 saturated heterocycles. The Morgan fingerprint density at radius 2 is 0.875 bits per heavy atom. The Hall–Kier alpha value is -4.58. The van der Waals surface area contributed by atoms with Crippen LogP contribution in [0.3, 0.4) is 0 Å². The van der Waals surface area contributed by atoms with Crippen LogP contribution in [-0.2, 0) is 32.9 Å². The van der Waals surface area contributed by atoms with Crippen LogP contribution in [-0.4, -0.2) is 82.7 Å². The number of primary sulfonamides is 2. The van der Waals surface area contributed by atoms with Crippen molar-refractivity contribution < 1.29 is 45.3 Å². The molecule has 0 spiro atoms. The third-order valence-electron chi connectivity index (χ3n) is 8.16. The molecule has 2 atom stereocenters. The number of rotatable bonds is 22. The van der Waals surface area contributed by atoms with Gasteiger partial charge in [0.25, 0.3) is 0 Å². The number of ether oxygens (including phenoxy) is 6. The van der Waals surface area contributed by atoms with Gasteiger partial charge in [-0.25, -0.2) is 27.1 Å².